The highest BCUT2D eigenvalue weighted by molar-refractivity contribution is 7.92. The van der Waals surface area contributed by atoms with Crippen LogP contribution < -0.4 is 9.62 Å². The van der Waals surface area contributed by atoms with Crippen molar-refractivity contribution in [2.75, 3.05) is 17.4 Å². The lowest BCUT2D eigenvalue weighted by Crippen LogP contribution is -2.51. The molecule has 0 heterocycles. The summed E-state index contributed by atoms with van der Waals surface area (Å²) in [6, 6.07) is 17.9. The SMILES string of the molecule is CCCNC(=O)C(C)N(Cc1ccccc1Cl)C(=O)CN(c1cccc(Cl)c1)S(=O)(=O)c1ccc(Cl)cc1. The molecule has 0 spiro atoms. The molecule has 0 aliphatic rings. The number of carbonyl (C=O) groups is 2. The third-order valence-electron chi connectivity index (χ3n) is 5.79. The van der Waals surface area contributed by atoms with Crippen molar-refractivity contribution in [2.45, 2.75) is 37.8 Å². The van der Waals surface area contributed by atoms with Gasteiger partial charge in [-0.3, -0.25) is 13.9 Å². The van der Waals surface area contributed by atoms with E-state index in [-0.39, 0.29) is 23.0 Å². The molecule has 0 saturated heterocycles. The Bertz CT molecular complexity index is 1380. The number of nitrogens with one attached hydrogen (secondary N) is 1. The second kappa shape index (κ2) is 13.3. The highest BCUT2D eigenvalue weighted by Crippen LogP contribution is 2.28. The minimum absolute atomic E-state index is 0.00357. The highest BCUT2D eigenvalue weighted by atomic mass is 35.5. The van der Waals surface area contributed by atoms with E-state index in [1.54, 1.807) is 49.4 Å². The van der Waals surface area contributed by atoms with Crippen molar-refractivity contribution in [3.63, 3.8) is 0 Å². The van der Waals surface area contributed by atoms with Gasteiger partial charge < -0.3 is 10.2 Å². The van der Waals surface area contributed by atoms with E-state index in [1.807, 2.05) is 6.92 Å². The Morgan fingerprint density at radius 3 is 2.24 bits per heavy atom. The molecule has 3 aromatic rings. The van der Waals surface area contributed by atoms with Gasteiger partial charge in [0.2, 0.25) is 11.8 Å². The zero-order valence-electron chi connectivity index (χ0n) is 20.9. The summed E-state index contributed by atoms with van der Waals surface area (Å²) in [6.07, 6.45) is 0.721. The Morgan fingerprint density at radius 1 is 0.921 bits per heavy atom. The van der Waals surface area contributed by atoms with E-state index in [0.717, 1.165) is 10.7 Å². The number of carbonyl (C=O) groups excluding carboxylic acids is 2. The van der Waals surface area contributed by atoms with Crippen LogP contribution in [0.4, 0.5) is 5.69 Å². The third-order valence-corrected chi connectivity index (χ3v) is 8.44. The molecule has 1 atom stereocenters. The molecule has 0 bridgehead atoms. The van der Waals surface area contributed by atoms with Crippen LogP contribution in [0.1, 0.15) is 25.8 Å². The molecule has 0 fully saturated rings. The van der Waals surface area contributed by atoms with Crippen molar-refractivity contribution in [3.8, 4) is 0 Å². The molecular formula is C27H28Cl3N3O4S. The van der Waals surface area contributed by atoms with E-state index < -0.39 is 28.5 Å². The maximum absolute atomic E-state index is 13.8. The van der Waals surface area contributed by atoms with Crippen LogP contribution in [-0.4, -0.2) is 44.3 Å². The molecule has 0 aliphatic heterocycles. The summed E-state index contributed by atoms with van der Waals surface area (Å²) in [5.41, 5.74) is 0.814. The Labute approximate surface area is 238 Å². The first-order chi connectivity index (χ1) is 18.0. The van der Waals surface area contributed by atoms with Crippen LogP contribution in [0, 0.1) is 0 Å². The van der Waals surface area contributed by atoms with Gasteiger partial charge in [0.25, 0.3) is 10.0 Å². The summed E-state index contributed by atoms with van der Waals surface area (Å²) in [4.78, 5) is 28.0. The molecular weight excluding hydrogens is 569 g/mol. The molecule has 0 aliphatic carbocycles. The van der Waals surface area contributed by atoms with Crippen LogP contribution in [0.5, 0.6) is 0 Å². The van der Waals surface area contributed by atoms with Crippen molar-refractivity contribution in [2.24, 2.45) is 0 Å². The molecule has 7 nitrogen and oxygen atoms in total. The minimum Gasteiger partial charge on any atom is -0.354 e. The maximum Gasteiger partial charge on any atom is 0.264 e. The summed E-state index contributed by atoms with van der Waals surface area (Å²) < 4.78 is 28.5. The predicted octanol–water partition coefficient (Wildman–Crippen LogP) is 5.79. The molecule has 1 unspecified atom stereocenters. The average molecular weight is 597 g/mol. The quantitative estimate of drug-likeness (QED) is 0.304. The molecule has 3 rings (SSSR count). The van der Waals surface area contributed by atoms with Crippen molar-refractivity contribution in [3.05, 3.63) is 93.4 Å². The summed E-state index contributed by atoms with van der Waals surface area (Å²) in [5, 5.41) is 3.88. The molecule has 202 valence electrons. The fourth-order valence-electron chi connectivity index (χ4n) is 3.68. The van der Waals surface area contributed by atoms with Crippen molar-refractivity contribution in [1.29, 1.82) is 0 Å². The number of nitrogens with zero attached hydrogens (tertiary/aromatic N) is 2. The van der Waals surface area contributed by atoms with E-state index in [0.29, 0.717) is 27.2 Å². The largest absolute Gasteiger partial charge is 0.354 e. The Hall–Kier alpha value is -2.78. The first-order valence-corrected chi connectivity index (χ1v) is 14.5. The van der Waals surface area contributed by atoms with Gasteiger partial charge in [0.05, 0.1) is 10.6 Å². The van der Waals surface area contributed by atoms with Crippen LogP contribution >= 0.6 is 34.8 Å². The molecule has 38 heavy (non-hydrogen) atoms. The molecule has 0 aromatic heterocycles. The Morgan fingerprint density at radius 2 is 1.61 bits per heavy atom. The second-order valence-electron chi connectivity index (χ2n) is 8.53. The standard InChI is InChI=1S/C27H28Cl3N3O4S/c1-3-15-31-27(35)19(2)32(17-20-7-4-5-10-25(20)30)26(34)18-33(23-9-6-8-22(29)16-23)38(36,37)24-13-11-21(28)12-14-24/h4-14,16,19H,3,15,17-18H2,1-2H3,(H,31,35). The number of hydrogen-bond acceptors (Lipinski definition) is 4. The van der Waals surface area contributed by atoms with E-state index in [9.17, 15) is 18.0 Å². The number of benzene rings is 3. The van der Waals surface area contributed by atoms with Crippen LogP contribution in [0.15, 0.2) is 77.7 Å². The van der Waals surface area contributed by atoms with Gasteiger partial charge in [0.15, 0.2) is 0 Å². The number of rotatable bonds is 11. The maximum atomic E-state index is 13.8. The summed E-state index contributed by atoms with van der Waals surface area (Å²) in [6.45, 7) is 3.38. The summed E-state index contributed by atoms with van der Waals surface area (Å²) >= 11 is 18.5. The molecule has 3 aromatic carbocycles. The first kappa shape index (κ1) is 29.8. The summed E-state index contributed by atoms with van der Waals surface area (Å²) in [7, 11) is -4.22. The number of anilines is 1. The molecule has 1 N–H and O–H groups in total. The van der Waals surface area contributed by atoms with Gasteiger partial charge in [-0.2, -0.15) is 0 Å². The Kier molecular flexibility index (Phi) is 10.4. The van der Waals surface area contributed by atoms with Crippen LogP contribution in [-0.2, 0) is 26.2 Å². The van der Waals surface area contributed by atoms with Gasteiger partial charge in [-0.25, -0.2) is 8.42 Å². The van der Waals surface area contributed by atoms with E-state index >= 15 is 0 Å². The number of halogens is 3. The van der Waals surface area contributed by atoms with E-state index in [4.69, 9.17) is 34.8 Å². The van der Waals surface area contributed by atoms with Crippen molar-refractivity contribution in [1.82, 2.24) is 10.2 Å². The van der Waals surface area contributed by atoms with Gasteiger partial charge in [0, 0.05) is 28.2 Å². The predicted molar refractivity (Wildman–Crippen MR) is 152 cm³/mol. The molecule has 0 saturated carbocycles. The summed E-state index contributed by atoms with van der Waals surface area (Å²) in [5.74, 6) is -0.955. The highest BCUT2D eigenvalue weighted by Gasteiger charge is 2.32. The van der Waals surface area contributed by atoms with Gasteiger partial charge >= 0.3 is 0 Å². The topological polar surface area (TPSA) is 86.8 Å². The Balaban J connectivity index is 2.03. The molecule has 11 heteroatoms. The lowest BCUT2D eigenvalue weighted by Gasteiger charge is -2.32. The zero-order chi connectivity index (χ0) is 27.9. The molecule has 2 amide bonds. The fraction of sp³-hybridized carbons (Fsp3) is 0.259. The van der Waals surface area contributed by atoms with Gasteiger partial charge in [0.1, 0.15) is 12.6 Å². The van der Waals surface area contributed by atoms with Gasteiger partial charge in [-0.15, -0.1) is 0 Å². The van der Waals surface area contributed by atoms with Crippen LogP contribution in [0.3, 0.4) is 0 Å². The van der Waals surface area contributed by atoms with Crippen molar-refractivity contribution >= 4 is 62.3 Å². The monoisotopic (exact) mass is 595 g/mol. The van der Waals surface area contributed by atoms with Gasteiger partial charge in [-0.1, -0.05) is 66.0 Å². The van der Waals surface area contributed by atoms with Crippen LogP contribution in [0.25, 0.3) is 0 Å². The van der Waals surface area contributed by atoms with Crippen LogP contribution in [0.2, 0.25) is 15.1 Å². The van der Waals surface area contributed by atoms with E-state index in [1.165, 1.54) is 35.2 Å². The normalized spacial score (nSPS) is 12.0. The lowest BCUT2D eigenvalue weighted by molar-refractivity contribution is -0.139. The second-order valence-corrected chi connectivity index (χ2v) is 11.7. The third kappa shape index (κ3) is 7.41. The number of hydrogen-bond donors (Lipinski definition) is 1. The smallest absolute Gasteiger partial charge is 0.264 e. The fourth-order valence-corrected chi connectivity index (χ4v) is 5.59. The minimum atomic E-state index is -4.22. The number of amides is 2. The van der Waals surface area contributed by atoms with Gasteiger partial charge in [-0.05, 0) is 67.4 Å². The first-order valence-electron chi connectivity index (χ1n) is 11.9. The average Bonchev–Trinajstić information content (AvgIpc) is 2.89. The lowest BCUT2D eigenvalue weighted by atomic mass is 10.1. The van der Waals surface area contributed by atoms with Crippen molar-refractivity contribution < 1.29 is 18.0 Å². The number of sulfonamides is 1. The zero-order valence-corrected chi connectivity index (χ0v) is 24.0. The molecule has 0 radical (unpaired) electrons. The van der Waals surface area contributed by atoms with E-state index in [2.05, 4.69) is 5.32 Å².